The number of ether oxygens (including phenoxy) is 3. The first-order chi connectivity index (χ1) is 10.5. The van der Waals surface area contributed by atoms with Gasteiger partial charge in [0, 0.05) is 17.3 Å². The molecule has 0 radical (unpaired) electrons. The van der Waals surface area contributed by atoms with Gasteiger partial charge in [0.2, 0.25) is 5.75 Å². The molecule has 0 aliphatic carbocycles. The molecule has 0 aliphatic rings. The number of hydrogen-bond donors (Lipinski definition) is 2. The lowest BCUT2D eigenvalue weighted by Crippen LogP contribution is -2.05. The summed E-state index contributed by atoms with van der Waals surface area (Å²) in [7, 11) is 4.50. The SMILES string of the molecule is COc1ccc(-c2cnc(N)c(C(=O)O)c2)c(OC)c1OC. The van der Waals surface area contributed by atoms with Gasteiger partial charge in [-0.3, -0.25) is 0 Å². The zero-order chi connectivity index (χ0) is 16.3. The summed E-state index contributed by atoms with van der Waals surface area (Å²) in [5.74, 6) is 0.146. The average Bonchev–Trinajstić information content (AvgIpc) is 2.53. The zero-order valence-corrected chi connectivity index (χ0v) is 12.4. The van der Waals surface area contributed by atoms with E-state index in [-0.39, 0.29) is 11.4 Å². The molecule has 3 N–H and O–H groups in total. The first kappa shape index (κ1) is 15.4. The lowest BCUT2D eigenvalue weighted by atomic mass is 10.0. The maximum Gasteiger partial charge on any atom is 0.339 e. The second-order valence-electron chi connectivity index (χ2n) is 4.34. The number of hydrogen-bond acceptors (Lipinski definition) is 6. The molecular weight excluding hydrogens is 288 g/mol. The van der Waals surface area contributed by atoms with E-state index in [2.05, 4.69) is 4.98 Å². The van der Waals surface area contributed by atoms with Crippen LogP contribution < -0.4 is 19.9 Å². The van der Waals surface area contributed by atoms with Crippen LogP contribution in [0.15, 0.2) is 24.4 Å². The molecule has 116 valence electrons. The summed E-state index contributed by atoms with van der Waals surface area (Å²) in [5, 5.41) is 9.15. The number of rotatable bonds is 5. The second-order valence-corrected chi connectivity index (χ2v) is 4.34. The van der Waals surface area contributed by atoms with Crippen LogP contribution in [-0.4, -0.2) is 37.4 Å². The molecule has 1 aromatic carbocycles. The van der Waals surface area contributed by atoms with Crippen molar-refractivity contribution in [3.8, 4) is 28.4 Å². The molecule has 22 heavy (non-hydrogen) atoms. The van der Waals surface area contributed by atoms with Gasteiger partial charge in [-0.15, -0.1) is 0 Å². The predicted molar refractivity (Wildman–Crippen MR) is 80.7 cm³/mol. The van der Waals surface area contributed by atoms with Gasteiger partial charge in [0.1, 0.15) is 11.4 Å². The summed E-state index contributed by atoms with van der Waals surface area (Å²) in [4.78, 5) is 15.1. The molecule has 2 rings (SSSR count). The molecule has 2 aromatic rings. The third-order valence-electron chi connectivity index (χ3n) is 3.16. The topological polar surface area (TPSA) is 104 Å². The summed E-state index contributed by atoms with van der Waals surface area (Å²) in [5.41, 5.74) is 6.66. The highest BCUT2D eigenvalue weighted by atomic mass is 16.5. The number of carboxylic acid groups (broad SMARTS) is 1. The van der Waals surface area contributed by atoms with Crippen LogP contribution in [-0.2, 0) is 0 Å². The highest BCUT2D eigenvalue weighted by molar-refractivity contribution is 5.94. The van der Waals surface area contributed by atoms with Crippen LogP contribution in [0.5, 0.6) is 17.2 Å². The Bertz CT molecular complexity index is 715. The van der Waals surface area contributed by atoms with Crippen LogP contribution in [0.3, 0.4) is 0 Å². The number of carboxylic acids is 1. The van der Waals surface area contributed by atoms with Gasteiger partial charge in [0.25, 0.3) is 0 Å². The number of methoxy groups -OCH3 is 3. The molecule has 7 nitrogen and oxygen atoms in total. The Kier molecular flexibility index (Phi) is 4.36. The molecule has 0 fully saturated rings. The first-order valence-corrected chi connectivity index (χ1v) is 6.31. The van der Waals surface area contributed by atoms with Gasteiger partial charge in [-0.1, -0.05) is 0 Å². The Morgan fingerprint density at radius 1 is 1.14 bits per heavy atom. The number of nitrogens with zero attached hydrogens (tertiary/aromatic N) is 1. The van der Waals surface area contributed by atoms with Crippen molar-refractivity contribution in [1.29, 1.82) is 0 Å². The van der Waals surface area contributed by atoms with E-state index < -0.39 is 5.97 Å². The molecule has 0 saturated heterocycles. The Morgan fingerprint density at radius 3 is 2.36 bits per heavy atom. The van der Waals surface area contributed by atoms with E-state index in [0.29, 0.717) is 28.4 Å². The molecule has 7 heteroatoms. The van der Waals surface area contributed by atoms with E-state index in [1.165, 1.54) is 33.6 Å². The lowest BCUT2D eigenvalue weighted by Gasteiger charge is -2.16. The molecule has 0 atom stereocenters. The Morgan fingerprint density at radius 2 is 1.82 bits per heavy atom. The van der Waals surface area contributed by atoms with Crippen LogP contribution >= 0.6 is 0 Å². The highest BCUT2D eigenvalue weighted by Gasteiger charge is 2.19. The Balaban J connectivity index is 2.67. The van der Waals surface area contributed by atoms with Gasteiger partial charge < -0.3 is 25.1 Å². The van der Waals surface area contributed by atoms with E-state index in [1.54, 1.807) is 12.1 Å². The predicted octanol–water partition coefficient (Wildman–Crippen LogP) is 2.05. The van der Waals surface area contributed by atoms with Gasteiger partial charge in [-0.05, 0) is 18.2 Å². The van der Waals surface area contributed by atoms with E-state index in [1.807, 2.05) is 0 Å². The summed E-state index contributed by atoms with van der Waals surface area (Å²) in [6, 6.07) is 4.88. The van der Waals surface area contributed by atoms with E-state index in [0.717, 1.165) is 0 Å². The van der Waals surface area contributed by atoms with Crippen LogP contribution in [0.4, 0.5) is 5.82 Å². The fraction of sp³-hybridized carbons (Fsp3) is 0.200. The third-order valence-corrected chi connectivity index (χ3v) is 3.16. The smallest absolute Gasteiger partial charge is 0.339 e. The molecule has 0 spiro atoms. The van der Waals surface area contributed by atoms with E-state index >= 15 is 0 Å². The molecule has 0 amide bonds. The van der Waals surface area contributed by atoms with Gasteiger partial charge >= 0.3 is 5.97 Å². The molecule has 0 bridgehead atoms. The fourth-order valence-electron chi connectivity index (χ4n) is 2.12. The van der Waals surface area contributed by atoms with E-state index in [9.17, 15) is 4.79 Å². The summed E-state index contributed by atoms with van der Waals surface area (Å²) >= 11 is 0. The number of pyridine rings is 1. The van der Waals surface area contributed by atoms with Crippen LogP contribution in [0.2, 0.25) is 0 Å². The largest absolute Gasteiger partial charge is 0.493 e. The van der Waals surface area contributed by atoms with Crippen molar-refractivity contribution in [3.63, 3.8) is 0 Å². The second kappa shape index (κ2) is 6.21. The van der Waals surface area contributed by atoms with Crippen molar-refractivity contribution >= 4 is 11.8 Å². The number of anilines is 1. The maximum absolute atomic E-state index is 11.2. The van der Waals surface area contributed by atoms with Gasteiger partial charge in [-0.25, -0.2) is 9.78 Å². The summed E-state index contributed by atoms with van der Waals surface area (Å²) < 4.78 is 15.9. The minimum atomic E-state index is -1.15. The Labute approximate surface area is 127 Å². The number of nitrogen functional groups attached to an aromatic ring is 1. The standard InChI is InChI=1S/C15H16N2O5/c1-20-11-5-4-9(12(21-2)13(11)22-3)8-6-10(15(18)19)14(16)17-7-8/h4-7H,1-3H3,(H2,16,17)(H,18,19). The molecule has 0 unspecified atom stereocenters. The zero-order valence-electron chi connectivity index (χ0n) is 12.4. The summed E-state index contributed by atoms with van der Waals surface area (Å²) in [6.45, 7) is 0. The van der Waals surface area contributed by atoms with Crippen molar-refractivity contribution in [2.45, 2.75) is 0 Å². The number of benzene rings is 1. The quantitative estimate of drug-likeness (QED) is 0.871. The molecule has 0 saturated carbocycles. The van der Waals surface area contributed by atoms with Crippen LogP contribution in [0.25, 0.3) is 11.1 Å². The van der Waals surface area contributed by atoms with Crippen molar-refractivity contribution in [2.24, 2.45) is 0 Å². The van der Waals surface area contributed by atoms with Crippen LogP contribution in [0.1, 0.15) is 10.4 Å². The monoisotopic (exact) mass is 304 g/mol. The van der Waals surface area contributed by atoms with E-state index in [4.69, 9.17) is 25.1 Å². The highest BCUT2D eigenvalue weighted by Crippen LogP contribution is 2.44. The number of aromatic carboxylic acids is 1. The number of nitrogens with two attached hydrogens (primary N) is 1. The van der Waals surface area contributed by atoms with Crippen molar-refractivity contribution in [2.75, 3.05) is 27.1 Å². The van der Waals surface area contributed by atoms with Crippen molar-refractivity contribution in [1.82, 2.24) is 4.98 Å². The first-order valence-electron chi connectivity index (χ1n) is 6.31. The normalized spacial score (nSPS) is 10.1. The van der Waals surface area contributed by atoms with Crippen molar-refractivity contribution < 1.29 is 24.1 Å². The van der Waals surface area contributed by atoms with Gasteiger partial charge in [0.15, 0.2) is 11.5 Å². The molecule has 0 aliphatic heterocycles. The molecular formula is C15H16N2O5. The minimum absolute atomic E-state index is 0.0457. The lowest BCUT2D eigenvalue weighted by molar-refractivity contribution is 0.0697. The van der Waals surface area contributed by atoms with Gasteiger partial charge in [0.05, 0.1) is 21.3 Å². The Hall–Kier alpha value is -2.96. The molecule has 1 aromatic heterocycles. The van der Waals surface area contributed by atoms with Gasteiger partial charge in [-0.2, -0.15) is 0 Å². The fourth-order valence-corrected chi connectivity index (χ4v) is 2.12. The third kappa shape index (κ3) is 2.60. The minimum Gasteiger partial charge on any atom is -0.493 e. The van der Waals surface area contributed by atoms with Crippen molar-refractivity contribution in [3.05, 3.63) is 30.0 Å². The van der Waals surface area contributed by atoms with Crippen LogP contribution in [0, 0.1) is 0 Å². The number of aromatic nitrogens is 1. The molecule has 1 heterocycles. The summed E-state index contributed by atoms with van der Waals surface area (Å²) in [6.07, 6.45) is 1.48. The maximum atomic E-state index is 11.2. The average molecular weight is 304 g/mol. The number of carbonyl (C=O) groups is 1.